The molecule has 0 aliphatic heterocycles. The summed E-state index contributed by atoms with van der Waals surface area (Å²) in [4.78, 5) is 12.2. The van der Waals surface area contributed by atoms with Gasteiger partial charge in [-0.1, -0.05) is 12.1 Å². The van der Waals surface area contributed by atoms with E-state index in [1.54, 1.807) is 18.2 Å². The highest BCUT2D eigenvalue weighted by molar-refractivity contribution is 7.89. The number of nitrogens with one attached hydrogen (secondary N) is 2. The Bertz CT molecular complexity index is 823. The summed E-state index contributed by atoms with van der Waals surface area (Å²) in [6.45, 7) is 0.862. The lowest BCUT2D eigenvalue weighted by Crippen LogP contribution is -2.27. The number of amides is 1. The van der Waals surface area contributed by atoms with Gasteiger partial charge in [0.05, 0.1) is 23.6 Å². The van der Waals surface area contributed by atoms with E-state index in [4.69, 9.17) is 14.9 Å². The Morgan fingerprint density at radius 1 is 1.31 bits per heavy atom. The van der Waals surface area contributed by atoms with Crippen LogP contribution in [-0.2, 0) is 27.8 Å². The van der Waals surface area contributed by atoms with Crippen molar-refractivity contribution in [3.8, 4) is 0 Å². The molecule has 1 aromatic heterocycles. The normalized spacial score (nSPS) is 11.0. The number of halogens is 1. The van der Waals surface area contributed by atoms with Gasteiger partial charge in [0.15, 0.2) is 0 Å². The molecule has 0 aliphatic carbocycles. The molecule has 0 aliphatic rings. The Morgan fingerprint density at radius 3 is 2.73 bits per heavy atom. The Morgan fingerprint density at radius 2 is 2.08 bits per heavy atom. The van der Waals surface area contributed by atoms with E-state index in [0.29, 0.717) is 16.9 Å². The fraction of sp³-hybridized carbons (Fsp3) is 0.312. The topological polar surface area (TPSA) is 124 Å². The van der Waals surface area contributed by atoms with Gasteiger partial charge in [-0.15, -0.1) is 12.4 Å². The molecule has 0 saturated carbocycles. The molecule has 0 radical (unpaired) electrons. The molecule has 2 rings (SSSR count). The van der Waals surface area contributed by atoms with Gasteiger partial charge in [-0.2, -0.15) is 0 Å². The second-order valence-electron chi connectivity index (χ2n) is 5.23. The zero-order valence-electron chi connectivity index (χ0n) is 14.2. The number of carbonyl (C=O) groups excluding carboxylic acids is 1. The third-order valence-corrected chi connectivity index (χ3v) is 4.84. The summed E-state index contributed by atoms with van der Waals surface area (Å²) < 4.78 is 36.7. The lowest BCUT2D eigenvalue weighted by molar-refractivity contribution is 0.0950. The molecule has 144 valence electrons. The number of nitrogens with two attached hydrogens (primary N) is 1. The molecule has 0 saturated heterocycles. The number of sulfonamides is 1. The average Bonchev–Trinajstić information content (AvgIpc) is 3.09. The molecule has 0 spiro atoms. The Hall–Kier alpha value is -1.91. The third-order valence-electron chi connectivity index (χ3n) is 3.38. The highest BCUT2D eigenvalue weighted by Gasteiger charge is 2.14. The minimum Gasteiger partial charge on any atom is -0.467 e. The van der Waals surface area contributed by atoms with Crippen molar-refractivity contribution < 1.29 is 22.4 Å². The van der Waals surface area contributed by atoms with E-state index in [9.17, 15) is 13.2 Å². The Balaban J connectivity index is 0.00000338. The second-order valence-corrected chi connectivity index (χ2v) is 6.99. The summed E-state index contributed by atoms with van der Waals surface area (Å²) in [5.74, 6) is 0.190. The predicted octanol–water partition coefficient (Wildman–Crippen LogP) is 1.01. The van der Waals surface area contributed by atoms with Crippen molar-refractivity contribution in [3.63, 3.8) is 0 Å². The highest BCUT2D eigenvalue weighted by Crippen LogP contribution is 2.12. The molecular formula is C16H22ClN3O5S. The van der Waals surface area contributed by atoms with Gasteiger partial charge in [0.1, 0.15) is 12.0 Å². The molecule has 0 fully saturated rings. The minimum absolute atomic E-state index is 0. The van der Waals surface area contributed by atoms with Crippen molar-refractivity contribution in [1.82, 2.24) is 10.0 Å². The lowest BCUT2D eigenvalue weighted by Gasteiger charge is -2.09. The maximum absolute atomic E-state index is 12.2. The second kappa shape index (κ2) is 10.3. The first kappa shape index (κ1) is 22.1. The largest absolute Gasteiger partial charge is 0.467 e. The van der Waals surface area contributed by atoms with Crippen LogP contribution in [0.2, 0.25) is 0 Å². The molecule has 1 aromatic carbocycles. The molecule has 1 amide bonds. The number of methoxy groups -OCH3 is 1. The smallest absolute Gasteiger partial charge is 0.254 e. The average molecular weight is 404 g/mol. The molecule has 0 atom stereocenters. The molecule has 8 nitrogen and oxygen atoms in total. The number of furan rings is 1. The summed E-state index contributed by atoms with van der Waals surface area (Å²) in [6.07, 6.45) is 1.33. The van der Waals surface area contributed by atoms with Crippen molar-refractivity contribution in [2.24, 2.45) is 5.73 Å². The van der Waals surface area contributed by atoms with Gasteiger partial charge >= 0.3 is 0 Å². The van der Waals surface area contributed by atoms with Gasteiger partial charge in [-0.05, 0) is 23.8 Å². The molecular weight excluding hydrogens is 382 g/mol. The van der Waals surface area contributed by atoms with E-state index in [2.05, 4.69) is 10.0 Å². The number of benzene rings is 1. The molecule has 0 bridgehead atoms. The summed E-state index contributed by atoms with van der Waals surface area (Å²) >= 11 is 0. The number of hydrogen-bond donors (Lipinski definition) is 3. The van der Waals surface area contributed by atoms with E-state index in [-0.39, 0.29) is 49.5 Å². The summed E-state index contributed by atoms with van der Waals surface area (Å²) in [6, 6.07) is 7.92. The maximum atomic E-state index is 12.2. The van der Waals surface area contributed by atoms with E-state index in [1.165, 1.54) is 25.5 Å². The van der Waals surface area contributed by atoms with E-state index < -0.39 is 10.0 Å². The van der Waals surface area contributed by atoms with Crippen molar-refractivity contribution >= 4 is 28.3 Å². The van der Waals surface area contributed by atoms with Crippen LogP contribution in [0.15, 0.2) is 45.9 Å². The van der Waals surface area contributed by atoms with Crippen LogP contribution in [0.5, 0.6) is 0 Å². The number of rotatable bonds is 9. The Kier molecular flexibility index (Phi) is 8.76. The molecule has 2 aromatic rings. The van der Waals surface area contributed by atoms with Crippen molar-refractivity contribution in [2.75, 3.05) is 20.3 Å². The summed E-state index contributed by atoms with van der Waals surface area (Å²) in [5, 5.41) is 2.71. The number of carbonyl (C=O) groups is 1. The van der Waals surface area contributed by atoms with Gasteiger partial charge in [0.25, 0.3) is 5.91 Å². The molecule has 0 unspecified atom stereocenters. The summed E-state index contributed by atoms with van der Waals surface area (Å²) in [7, 11) is -2.12. The van der Waals surface area contributed by atoms with Crippen molar-refractivity contribution in [2.45, 2.75) is 18.0 Å². The molecule has 10 heteroatoms. The van der Waals surface area contributed by atoms with E-state index >= 15 is 0 Å². The van der Waals surface area contributed by atoms with E-state index in [0.717, 1.165) is 0 Å². The van der Waals surface area contributed by atoms with Crippen molar-refractivity contribution in [1.29, 1.82) is 0 Å². The first-order valence-corrected chi connectivity index (χ1v) is 9.08. The highest BCUT2D eigenvalue weighted by atomic mass is 35.5. The van der Waals surface area contributed by atoms with Crippen LogP contribution in [-0.4, -0.2) is 34.6 Å². The first-order valence-electron chi connectivity index (χ1n) is 7.59. The van der Waals surface area contributed by atoms with Crippen LogP contribution in [0.1, 0.15) is 21.7 Å². The van der Waals surface area contributed by atoms with Gasteiger partial charge < -0.3 is 20.2 Å². The van der Waals surface area contributed by atoms with E-state index in [1.807, 2.05) is 0 Å². The SMILES string of the molecule is COCCNS(=O)(=O)c1cccc(CNC(=O)c2coc(CN)c2)c1.Cl. The minimum atomic E-state index is -3.62. The van der Waals surface area contributed by atoms with Crippen LogP contribution in [0.25, 0.3) is 0 Å². The van der Waals surface area contributed by atoms with Crippen LogP contribution >= 0.6 is 12.4 Å². The lowest BCUT2D eigenvalue weighted by atomic mass is 10.2. The Labute approximate surface area is 158 Å². The molecule has 4 N–H and O–H groups in total. The predicted molar refractivity (Wildman–Crippen MR) is 98.5 cm³/mol. The van der Waals surface area contributed by atoms with Gasteiger partial charge in [0.2, 0.25) is 10.0 Å². The third kappa shape index (κ3) is 6.11. The van der Waals surface area contributed by atoms with Gasteiger partial charge in [0, 0.05) is 20.2 Å². The maximum Gasteiger partial charge on any atom is 0.254 e. The fourth-order valence-corrected chi connectivity index (χ4v) is 3.16. The van der Waals surface area contributed by atoms with Gasteiger partial charge in [-0.3, -0.25) is 4.79 Å². The molecule has 26 heavy (non-hydrogen) atoms. The van der Waals surface area contributed by atoms with Crippen LogP contribution < -0.4 is 15.8 Å². The summed E-state index contributed by atoms with van der Waals surface area (Å²) in [5.41, 5.74) is 6.46. The fourth-order valence-electron chi connectivity index (χ4n) is 2.08. The standard InChI is InChI=1S/C16H21N3O5S.ClH/c1-23-6-5-19-25(21,22)15-4-2-3-12(7-15)10-18-16(20)13-8-14(9-17)24-11-13;/h2-4,7-8,11,19H,5-6,9-10,17H2,1H3,(H,18,20);1H. The van der Waals surface area contributed by atoms with Crippen LogP contribution in [0, 0.1) is 0 Å². The van der Waals surface area contributed by atoms with Gasteiger partial charge in [-0.25, -0.2) is 13.1 Å². The number of ether oxygens (including phenoxy) is 1. The quantitative estimate of drug-likeness (QED) is 0.537. The zero-order chi connectivity index (χ0) is 18.3. The van der Waals surface area contributed by atoms with Crippen LogP contribution in [0.3, 0.4) is 0 Å². The number of hydrogen-bond acceptors (Lipinski definition) is 6. The monoisotopic (exact) mass is 403 g/mol. The van der Waals surface area contributed by atoms with Crippen molar-refractivity contribution in [3.05, 3.63) is 53.5 Å². The van der Waals surface area contributed by atoms with Crippen LogP contribution in [0.4, 0.5) is 0 Å². The molecule has 1 heterocycles. The zero-order valence-corrected chi connectivity index (χ0v) is 15.9. The first-order chi connectivity index (χ1) is 12.0.